The summed E-state index contributed by atoms with van der Waals surface area (Å²) in [4.78, 5) is 29.0. The number of thioether (sulfide) groups is 1. The number of piperazine rings is 1. The average molecular weight is 336 g/mol. The predicted molar refractivity (Wildman–Crippen MR) is 91.9 cm³/mol. The molecule has 1 aliphatic rings. The SMILES string of the molecule is CCOC(=O)N1CCN(C(=O)c2ccccc2SC(C)C)CC1. The van der Waals surface area contributed by atoms with E-state index in [0.29, 0.717) is 38.0 Å². The third kappa shape index (κ3) is 4.64. The number of hydrogen-bond acceptors (Lipinski definition) is 4. The number of benzene rings is 1. The third-order valence-electron chi connectivity index (χ3n) is 3.57. The molecule has 2 rings (SSSR count). The predicted octanol–water partition coefficient (Wildman–Crippen LogP) is 3.10. The first-order valence-corrected chi connectivity index (χ1v) is 8.87. The number of carbonyl (C=O) groups excluding carboxylic acids is 2. The Labute approximate surface area is 142 Å². The molecule has 2 amide bonds. The van der Waals surface area contributed by atoms with Crippen molar-refractivity contribution in [2.75, 3.05) is 32.8 Å². The van der Waals surface area contributed by atoms with E-state index in [9.17, 15) is 9.59 Å². The molecule has 0 atom stereocenters. The highest BCUT2D eigenvalue weighted by atomic mass is 32.2. The molecule has 1 heterocycles. The summed E-state index contributed by atoms with van der Waals surface area (Å²) < 4.78 is 5.00. The van der Waals surface area contributed by atoms with Crippen LogP contribution in [0.2, 0.25) is 0 Å². The minimum absolute atomic E-state index is 0.0391. The summed E-state index contributed by atoms with van der Waals surface area (Å²) in [5, 5.41) is 0.421. The molecule has 5 nitrogen and oxygen atoms in total. The number of rotatable bonds is 4. The number of ether oxygens (including phenoxy) is 1. The fourth-order valence-corrected chi connectivity index (χ4v) is 3.42. The van der Waals surface area contributed by atoms with Gasteiger partial charge in [-0.15, -0.1) is 11.8 Å². The Bertz CT molecular complexity index is 555. The summed E-state index contributed by atoms with van der Waals surface area (Å²) in [7, 11) is 0. The van der Waals surface area contributed by atoms with Crippen LogP contribution in [0.5, 0.6) is 0 Å². The van der Waals surface area contributed by atoms with Crippen molar-refractivity contribution in [3.63, 3.8) is 0 Å². The highest BCUT2D eigenvalue weighted by Gasteiger charge is 2.26. The second-order valence-corrected chi connectivity index (χ2v) is 7.26. The normalized spacial score (nSPS) is 15.0. The Morgan fingerprint density at radius 2 is 1.74 bits per heavy atom. The molecule has 0 unspecified atom stereocenters. The first kappa shape index (κ1) is 17.7. The lowest BCUT2D eigenvalue weighted by Crippen LogP contribution is -2.50. The van der Waals surface area contributed by atoms with Crippen molar-refractivity contribution in [3.05, 3.63) is 29.8 Å². The van der Waals surface area contributed by atoms with Crippen LogP contribution in [-0.2, 0) is 4.74 Å². The van der Waals surface area contributed by atoms with Gasteiger partial charge in [0, 0.05) is 36.3 Å². The number of nitrogens with zero attached hydrogens (tertiary/aromatic N) is 2. The van der Waals surface area contributed by atoms with E-state index in [1.54, 1.807) is 23.6 Å². The van der Waals surface area contributed by atoms with Crippen molar-refractivity contribution >= 4 is 23.8 Å². The Kier molecular flexibility index (Phi) is 6.33. The molecule has 1 aromatic rings. The zero-order valence-corrected chi connectivity index (χ0v) is 14.8. The van der Waals surface area contributed by atoms with Gasteiger partial charge in [-0.25, -0.2) is 4.79 Å². The first-order valence-electron chi connectivity index (χ1n) is 7.99. The fourth-order valence-electron chi connectivity index (χ4n) is 2.48. The molecule has 126 valence electrons. The smallest absolute Gasteiger partial charge is 0.409 e. The zero-order valence-electron chi connectivity index (χ0n) is 13.9. The van der Waals surface area contributed by atoms with E-state index >= 15 is 0 Å². The maximum Gasteiger partial charge on any atom is 0.409 e. The van der Waals surface area contributed by atoms with Crippen molar-refractivity contribution in [2.24, 2.45) is 0 Å². The maximum atomic E-state index is 12.8. The van der Waals surface area contributed by atoms with Crippen LogP contribution in [0.15, 0.2) is 29.2 Å². The lowest BCUT2D eigenvalue weighted by atomic mass is 10.2. The number of amides is 2. The van der Waals surface area contributed by atoms with E-state index < -0.39 is 0 Å². The summed E-state index contributed by atoms with van der Waals surface area (Å²) in [6.45, 7) is 8.51. The summed E-state index contributed by atoms with van der Waals surface area (Å²) in [6, 6.07) is 7.73. The summed E-state index contributed by atoms with van der Waals surface area (Å²) in [6.07, 6.45) is -0.296. The van der Waals surface area contributed by atoms with Crippen molar-refractivity contribution in [1.82, 2.24) is 9.80 Å². The van der Waals surface area contributed by atoms with Gasteiger partial charge in [-0.3, -0.25) is 4.79 Å². The van der Waals surface area contributed by atoms with Crippen LogP contribution in [0.3, 0.4) is 0 Å². The molecular formula is C17H24N2O3S. The van der Waals surface area contributed by atoms with E-state index in [2.05, 4.69) is 13.8 Å². The van der Waals surface area contributed by atoms with Crippen LogP contribution in [0.4, 0.5) is 4.79 Å². The fraction of sp³-hybridized carbons (Fsp3) is 0.529. The van der Waals surface area contributed by atoms with Gasteiger partial charge in [0.05, 0.1) is 12.2 Å². The average Bonchev–Trinajstić information content (AvgIpc) is 2.54. The lowest BCUT2D eigenvalue weighted by molar-refractivity contribution is 0.0568. The Morgan fingerprint density at radius 1 is 1.13 bits per heavy atom. The van der Waals surface area contributed by atoms with Crippen molar-refractivity contribution in [3.8, 4) is 0 Å². The van der Waals surface area contributed by atoms with Crippen LogP contribution in [0, 0.1) is 0 Å². The molecule has 0 bridgehead atoms. The Hall–Kier alpha value is -1.69. The van der Waals surface area contributed by atoms with E-state index in [0.717, 1.165) is 10.5 Å². The minimum atomic E-state index is -0.296. The highest BCUT2D eigenvalue weighted by molar-refractivity contribution is 8.00. The van der Waals surface area contributed by atoms with E-state index in [1.807, 2.05) is 29.2 Å². The van der Waals surface area contributed by atoms with Crippen molar-refractivity contribution in [2.45, 2.75) is 30.9 Å². The van der Waals surface area contributed by atoms with Crippen LogP contribution in [0.25, 0.3) is 0 Å². The molecule has 0 N–H and O–H groups in total. The van der Waals surface area contributed by atoms with Crippen LogP contribution >= 0.6 is 11.8 Å². The minimum Gasteiger partial charge on any atom is -0.450 e. The van der Waals surface area contributed by atoms with E-state index in [-0.39, 0.29) is 12.0 Å². The van der Waals surface area contributed by atoms with E-state index in [1.165, 1.54) is 0 Å². The highest BCUT2D eigenvalue weighted by Crippen LogP contribution is 2.27. The molecule has 0 aliphatic carbocycles. The monoisotopic (exact) mass is 336 g/mol. The van der Waals surface area contributed by atoms with Crippen molar-refractivity contribution < 1.29 is 14.3 Å². The molecule has 23 heavy (non-hydrogen) atoms. The molecule has 0 spiro atoms. The molecule has 0 aromatic heterocycles. The largest absolute Gasteiger partial charge is 0.450 e. The Morgan fingerprint density at radius 3 is 2.35 bits per heavy atom. The number of hydrogen-bond donors (Lipinski definition) is 0. The molecule has 6 heteroatoms. The van der Waals surface area contributed by atoms with Gasteiger partial charge in [0.2, 0.25) is 0 Å². The van der Waals surface area contributed by atoms with Crippen LogP contribution in [0.1, 0.15) is 31.1 Å². The maximum absolute atomic E-state index is 12.8. The molecule has 0 radical (unpaired) electrons. The van der Waals surface area contributed by atoms with Gasteiger partial charge in [0.15, 0.2) is 0 Å². The molecule has 1 aromatic carbocycles. The van der Waals surface area contributed by atoms with Gasteiger partial charge in [-0.05, 0) is 19.1 Å². The quantitative estimate of drug-likeness (QED) is 0.793. The summed E-state index contributed by atoms with van der Waals surface area (Å²) >= 11 is 1.70. The van der Waals surface area contributed by atoms with Gasteiger partial charge in [-0.1, -0.05) is 26.0 Å². The van der Waals surface area contributed by atoms with Crippen LogP contribution in [-0.4, -0.2) is 59.8 Å². The topological polar surface area (TPSA) is 49.9 Å². The van der Waals surface area contributed by atoms with Gasteiger partial charge >= 0.3 is 6.09 Å². The number of carbonyl (C=O) groups is 2. The molecule has 1 aliphatic heterocycles. The van der Waals surface area contributed by atoms with Gasteiger partial charge in [0.1, 0.15) is 0 Å². The van der Waals surface area contributed by atoms with Crippen LogP contribution < -0.4 is 0 Å². The second-order valence-electron chi connectivity index (χ2n) is 5.64. The second kappa shape index (κ2) is 8.24. The molecule has 0 saturated carbocycles. The molecular weight excluding hydrogens is 312 g/mol. The van der Waals surface area contributed by atoms with Gasteiger partial charge in [0.25, 0.3) is 5.91 Å². The van der Waals surface area contributed by atoms with E-state index in [4.69, 9.17) is 4.74 Å². The van der Waals surface area contributed by atoms with Gasteiger partial charge < -0.3 is 14.5 Å². The zero-order chi connectivity index (χ0) is 16.8. The molecule has 1 saturated heterocycles. The lowest BCUT2D eigenvalue weighted by Gasteiger charge is -2.34. The molecule has 1 fully saturated rings. The third-order valence-corrected chi connectivity index (χ3v) is 4.65. The van der Waals surface area contributed by atoms with Crippen molar-refractivity contribution in [1.29, 1.82) is 0 Å². The first-order chi connectivity index (χ1) is 11.0. The standard InChI is InChI=1S/C17H24N2O3S/c1-4-22-17(21)19-11-9-18(10-12-19)16(20)14-7-5-6-8-15(14)23-13(2)3/h5-8,13H,4,9-12H2,1-3H3. The van der Waals surface area contributed by atoms with Gasteiger partial charge in [-0.2, -0.15) is 0 Å². The summed E-state index contributed by atoms with van der Waals surface area (Å²) in [5.41, 5.74) is 0.746. The Balaban J connectivity index is 2.01. The summed E-state index contributed by atoms with van der Waals surface area (Å²) in [5.74, 6) is 0.0391.